The van der Waals surface area contributed by atoms with E-state index in [1.807, 2.05) is 42.2 Å². The summed E-state index contributed by atoms with van der Waals surface area (Å²) in [4.78, 5) is 17.6. The number of carbonyl (C=O) groups excluding carboxylic acids is 1. The zero-order valence-corrected chi connectivity index (χ0v) is 19.6. The van der Waals surface area contributed by atoms with E-state index in [0.29, 0.717) is 13.1 Å². The molecule has 0 N–H and O–H groups in total. The molecule has 32 heavy (non-hydrogen) atoms. The van der Waals surface area contributed by atoms with Crippen molar-refractivity contribution in [1.82, 2.24) is 9.21 Å². The molecule has 172 valence electrons. The molecule has 1 aliphatic heterocycles. The highest BCUT2D eigenvalue weighted by Crippen LogP contribution is 2.28. The fourth-order valence-corrected chi connectivity index (χ4v) is 6.35. The fourth-order valence-electron chi connectivity index (χ4n) is 4.71. The van der Waals surface area contributed by atoms with Crippen molar-refractivity contribution < 1.29 is 13.2 Å². The number of anilines is 1. The first kappa shape index (κ1) is 22.8. The molecular formula is C25H33N3O3S. The third-order valence-corrected chi connectivity index (χ3v) is 8.57. The maximum atomic E-state index is 13.5. The van der Waals surface area contributed by atoms with Crippen molar-refractivity contribution in [2.24, 2.45) is 0 Å². The van der Waals surface area contributed by atoms with E-state index in [1.165, 1.54) is 4.31 Å². The lowest BCUT2D eigenvalue weighted by atomic mass is 9.95. The number of piperazine rings is 1. The maximum absolute atomic E-state index is 13.5. The van der Waals surface area contributed by atoms with Crippen LogP contribution in [-0.4, -0.2) is 62.3 Å². The van der Waals surface area contributed by atoms with E-state index in [-0.39, 0.29) is 23.4 Å². The molecule has 0 radical (unpaired) electrons. The third-order valence-electron chi connectivity index (χ3n) is 6.65. The second kappa shape index (κ2) is 10.0. The molecular weight excluding hydrogens is 422 g/mol. The number of nitrogens with zero attached hydrogens (tertiary/aromatic N) is 3. The minimum atomic E-state index is -3.73. The first-order chi connectivity index (χ1) is 15.4. The van der Waals surface area contributed by atoms with E-state index < -0.39 is 10.0 Å². The zero-order valence-electron chi connectivity index (χ0n) is 18.8. The number of amides is 1. The minimum absolute atomic E-state index is 0.0772. The Morgan fingerprint density at radius 3 is 2.16 bits per heavy atom. The molecule has 2 aromatic rings. The van der Waals surface area contributed by atoms with Crippen LogP contribution in [-0.2, 0) is 14.8 Å². The third kappa shape index (κ3) is 5.15. The molecule has 1 saturated heterocycles. The lowest BCUT2D eigenvalue weighted by Crippen LogP contribution is -2.53. The Kier molecular flexibility index (Phi) is 7.16. The zero-order chi connectivity index (χ0) is 22.6. The monoisotopic (exact) mass is 455 g/mol. The molecule has 0 aromatic heterocycles. The van der Waals surface area contributed by atoms with Crippen molar-refractivity contribution in [3.8, 4) is 0 Å². The van der Waals surface area contributed by atoms with Crippen LogP contribution in [0.15, 0.2) is 59.5 Å². The van der Waals surface area contributed by atoms with Crippen molar-refractivity contribution in [1.29, 1.82) is 0 Å². The van der Waals surface area contributed by atoms with Gasteiger partial charge in [0.2, 0.25) is 15.9 Å². The van der Waals surface area contributed by atoms with Crippen molar-refractivity contribution in [3.05, 3.63) is 60.2 Å². The summed E-state index contributed by atoms with van der Waals surface area (Å²) in [7, 11) is -3.73. The van der Waals surface area contributed by atoms with Crippen molar-refractivity contribution in [3.63, 3.8) is 0 Å². The predicted molar refractivity (Wildman–Crippen MR) is 127 cm³/mol. The Hall–Kier alpha value is -2.38. The number of hydrogen-bond donors (Lipinski definition) is 0. The van der Waals surface area contributed by atoms with Gasteiger partial charge in [-0.2, -0.15) is 4.31 Å². The van der Waals surface area contributed by atoms with Crippen LogP contribution in [0.25, 0.3) is 0 Å². The van der Waals surface area contributed by atoms with Gasteiger partial charge in [-0.1, -0.05) is 55.2 Å². The molecule has 0 spiro atoms. The van der Waals surface area contributed by atoms with E-state index in [0.717, 1.165) is 56.4 Å². The Morgan fingerprint density at radius 1 is 0.906 bits per heavy atom. The molecule has 2 aromatic carbocycles. The highest BCUT2D eigenvalue weighted by atomic mass is 32.2. The normalized spacial score (nSPS) is 18.2. The molecule has 1 saturated carbocycles. The summed E-state index contributed by atoms with van der Waals surface area (Å²) in [6.45, 7) is 4.58. The van der Waals surface area contributed by atoms with E-state index in [1.54, 1.807) is 12.1 Å². The van der Waals surface area contributed by atoms with E-state index in [9.17, 15) is 13.2 Å². The molecule has 2 fully saturated rings. The molecule has 2 aliphatic rings. The van der Waals surface area contributed by atoms with Crippen LogP contribution in [0.1, 0.15) is 37.7 Å². The number of benzene rings is 2. The number of sulfonamides is 1. The van der Waals surface area contributed by atoms with Crippen molar-refractivity contribution in [2.45, 2.75) is 50.0 Å². The van der Waals surface area contributed by atoms with Crippen LogP contribution in [0.3, 0.4) is 0 Å². The van der Waals surface area contributed by atoms with E-state index in [2.05, 4.69) is 17.0 Å². The van der Waals surface area contributed by atoms with Gasteiger partial charge in [0.25, 0.3) is 0 Å². The van der Waals surface area contributed by atoms with Crippen LogP contribution in [0.2, 0.25) is 0 Å². The first-order valence-electron chi connectivity index (χ1n) is 11.6. The van der Waals surface area contributed by atoms with Crippen LogP contribution in [0.5, 0.6) is 0 Å². The molecule has 1 heterocycles. The average molecular weight is 456 g/mol. The van der Waals surface area contributed by atoms with Gasteiger partial charge in [0.05, 0.1) is 11.4 Å². The van der Waals surface area contributed by atoms with Crippen LogP contribution in [0.4, 0.5) is 5.69 Å². The fraction of sp³-hybridized carbons (Fsp3) is 0.480. The maximum Gasteiger partial charge on any atom is 0.243 e. The van der Waals surface area contributed by atoms with E-state index in [4.69, 9.17) is 0 Å². The van der Waals surface area contributed by atoms with Gasteiger partial charge in [-0.25, -0.2) is 8.42 Å². The Morgan fingerprint density at radius 2 is 1.53 bits per heavy atom. The molecule has 6 nitrogen and oxygen atoms in total. The minimum Gasteiger partial charge on any atom is -0.368 e. The number of aryl methyl sites for hydroxylation is 1. The summed E-state index contributed by atoms with van der Waals surface area (Å²) in [6, 6.07) is 17.0. The quantitative estimate of drug-likeness (QED) is 0.667. The summed E-state index contributed by atoms with van der Waals surface area (Å²) >= 11 is 0. The Labute approximate surface area is 191 Å². The molecule has 1 aliphatic carbocycles. The van der Waals surface area contributed by atoms with Crippen molar-refractivity contribution >= 4 is 21.6 Å². The van der Waals surface area contributed by atoms with Crippen LogP contribution >= 0.6 is 0 Å². The van der Waals surface area contributed by atoms with Gasteiger partial charge in [0.15, 0.2) is 0 Å². The van der Waals surface area contributed by atoms with Gasteiger partial charge in [-0.3, -0.25) is 4.79 Å². The second-order valence-corrected chi connectivity index (χ2v) is 10.7. The Balaban J connectivity index is 1.47. The smallest absolute Gasteiger partial charge is 0.243 e. The summed E-state index contributed by atoms with van der Waals surface area (Å²) < 4.78 is 28.6. The highest BCUT2D eigenvalue weighted by Gasteiger charge is 2.35. The average Bonchev–Trinajstić information content (AvgIpc) is 2.84. The van der Waals surface area contributed by atoms with Crippen molar-refractivity contribution in [2.75, 3.05) is 37.6 Å². The lowest BCUT2D eigenvalue weighted by molar-refractivity contribution is -0.132. The van der Waals surface area contributed by atoms with Crippen LogP contribution < -0.4 is 4.90 Å². The Bertz CT molecular complexity index is 994. The molecule has 0 unspecified atom stereocenters. The molecule has 1 amide bonds. The van der Waals surface area contributed by atoms with Gasteiger partial charge in [0, 0.05) is 37.9 Å². The summed E-state index contributed by atoms with van der Waals surface area (Å²) in [6.07, 6.45) is 4.79. The standard InChI is InChI=1S/C25H33N3O3S/c1-21-12-14-24(15-13-21)32(30,31)28(23-10-6-3-7-11-23)20-25(29)27-18-16-26(17-19-27)22-8-4-2-5-9-22/h2,4-5,8-9,12-15,23H,3,6-7,10-11,16-20H2,1H3. The summed E-state index contributed by atoms with van der Waals surface area (Å²) in [5, 5.41) is 0. The van der Waals surface area contributed by atoms with Gasteiger partial charge in [0.1, 0.15) is 0 Å². The van der Waals surface area contributed by atoms with Gasteiger partial charge >= 0.3 is 0 Å². The molecule has 4 rings (SSSR count). The molecule has 0 atom stereocenters. The topological polar surface area (TPSA) is 60.9 Å². The highest BCUT2D eigenvalue weighted by molar-refractivity contribution is 7.89. The number of hydrogen-bond acceptors (Lipinski definition) is 4. The van der Waals surface area contributed by atoms with Gasteiger partial charge in [-0.15, -0.1) is 0 Å². The number of carbonyl (C=O) groups is 1. The van der Waals surface area contributed by atoms with E-state index >= 15 is 0 Å². The van der Waals surface area contributed by atoms with Gasteiger partial charge < -0.3 is 9.80 Å². The number of rotatable bonds is 6. The second-order valence-electron chi connectivity index (χ2n) is 8.86. The van der Waals surface area contributed by atoms with Gasteiger partial charge in [-0.05, 0) is 44.0 Å². The summed E-state index contributed by atoms with van der Waals surface area (Å²) in [5.74, 6) is -0.0982. The lowest BCUT2D eigenvalue weighted by Gasteiger charge is -2.38. The SMILES string of the molecule is Cc1ccc(S(=O)(=O)N(CC(=O)N2CCN(c3ccccc3)CC2)C2CCCCC2)cc1. The first-order valence-corrected chi connectivity index (χ1v) is 13.1. The van der Waals surface area contributed by atoms with Crippen LogP contribution in [0, 0.1) is 6.92 Å². The largest absolute Gasteiger partial charge is 0.368 e. The predicted octanol–water partition coefficient (Wildman–Crippen LogP) is 3.67. The molecule has 0 bridgehead atoms. The summed E-state index contributed by atoms with van der Waals surface area (Å²) in [5.41, 5.74) is 2.17. The molecule has 7 heteroatoms. The number of para-hydroxylation sites is 1.